The molecule has 27 heavy (non-hydrogen) atoms. The fourth-order valence-corrected chi connectivity index (χ4v) is 4.22. The maximum absolute atomic E-state index is 12.6. The van der Waals surface area contributed by atoms with E-state index in [1.807, 2.05) is 37.3 Å². The lowest BCUT2D eigenvalue weighted by Gasteiger charge is -2.30. The van der Waals surface area contributed by atoms with Gasteiger partial charge in [-0.1, -0.05) is 42.5 Å². The van der Waals surface area contributed by atoms with Crippen LogP contribution in [0.4, 0.5) is 0 Å². The summed E-state index contributed by atoms with van der Waals surface area (Å²) in [5.74, 6) is 0.855. The number of likely N-dealkylation sites (N-methyl/N-ethyl adjacent to an activating group) is 1. The van der Waals surface area contributed by atoms with Crippen LogP contribution in [0.25, 0.3) is 11.0 Å². The molecule has 0 saturated heterocycles. The first-order valence-electron chi connectivity index (χ1n) is 9.80. The average molecular weight is 363 g/mol. The lowest BCUT2D eigenvalue weighted by atomic mass is 9.87. The van der Waals surface area contributed by atoms with Crippen molar-refractivity contribution >= 4 is 16.9 Å². The van der Waals surface area contributed by atoms with Crippen LogP contribution in [0.15, 0.2) is 59.0 Å². The van der Waals surface area contributed by atoms with E-state index in [-0.39, 0.29) is 11.9 Å². The maximum atomic E-state index is 12.6. The fraction of sp³-hybridized carbons (Fsp3) is 0.348. The number of hydrogen-bond acceptors (Lipinski definition) is 2. The molecule has 1 heterocycles. The maximum Gasteiger partial charge on any atom is 0.275 e. The largest absolute Gasteiger partial charge is 0.459 e. The van der Waals surface area contributed by atoms with Gasteiger partial charge in [0, 0.05) is 17.4 Å². The number of furan rings is 1. The summed E-state index contributed by atoms with van der Waals surface area (Å²) in [5.41, 5.74) is 3.69. The molecule has 4 rings (SSSR count). The second-order valence-corrected chi connectivity index (χ2v) is 7.64. The number of hydrogen-bond donors (Lipinski definition) is 2. The highest BCUT2D eigenvalue weighted by Gasteiger charge is 2.28. The Balaban J connectivity index is 1.40. The van der Waals surface area contributed by atoms with E-state index < -0.39 is 0 Å². The summed E-state index contributed by atoms with van der Waals surface area (Å²) in [5, 5.41) is 4.16. The molecule has 0 bridgehead atoms. The number of amides is 1. The normalized spacial score (nSPS) is 18.7. The minimum atomic E-state index is -0.142. The Morgan fingerprint density at radius 3 is 2.85 bits per heavy atom. The molecule has 1 aliphatic carbocycles. The Kier molecular flexibility index (Phi) is 4.99. The highest BCUT2D eigenvalue weighted by atomic mass is 16.3. The van der Waals surface area contributed by atoms with Crippen LogP contribution in [0, 0.1) is 0 Å². The standard InChI is InChI=1S/C23H26N2O2/c1-16(22-14-18-9-4-6-13-21(18)27-22)24-23(26)15-25(2)20-12-7-10-17-8-3-5-11-19(17)20/h3-6,8-9,11,13-14,16,20H,7,10,12,15H2,1-2H3,(H,24,26)/p+1/t16-,20-/m1/s1. The topological polar surface area (TPSA) is 46.7 Å². The SMILES string of the molecule is C[C@@H](NC(=O)C[NH+](C)[C@@H]1CCCc2ccccc21)c1cc2ccccc2o1. The molecule has 4 heteroatoms. The van der Waals surface area contributed by atoms with Crippen LogP contribution in [0.1, 0.15) is 48.7 Å². The van der Waals surface area contributed by atoms with Crippen molar-refractivity contribution in [2.24, 2.45) is 0 Å². The van der Waals surface area contributed by atoms with Crippen molar-refractivity contribution < 1.29 is 14.1 Å². The molecule has 2 aromatic carbocycles. The van der Waals surface area contributed by atoms with Crippen molar-refractivity contribution in [2.45, 2.75) is 38.3 Å². The lowest BCUT2D eigenvalue weighted by Crippen LogP contribution is -3.10. The summed E-state index contributed by atoms with van der Waals surface area (Å²) >= 11 is 0. The van der Waals surface area contributed by atoms with E-state index in [2.05, 4.69) is 36.6 Å². The first-order chi connectivity index (χ1) is 13.1. The summed E-state index contributed by atoms with van der Waals surface area (Å²) in [4.78, 5) is 13.9. The van der Waals surface area contributed by atoms with E-state index in [1.54, 1.807) is 0 Å². The third-order valence-corrected chi connectivity index (χ3v) is 5.65. The minimum Gasteiger partial charge on any atom is -0.459 e. The molecule has 0 spiro atoms. The third-order valence-electron chi connectivity index (χ3n) is 5.65. The van der Waals surface area contributed by atoms with Crippen molar-refractivity contribution in [1.82, 2.24) is 5.32 Å². The van der Waals surface area contributed by atoms with Gasteiger partial charge in [0.05, 0.1) is 13.1 Å². The first kappa shape index (κ1) is 17.8. The number of carbonyl (C=O) groups excluding carboxylic acids is 1. The van der Waals surface area contributed by atoms with E-state index in [9.17, 15) is 4.79 Å². The second-order valence-electron chi connectivity index (χ2n) is 7.64. The Morgan fingerprint density at radius 1 is 1.22 bits per heavy atom. The van der Waals surface area contributed by atoms with Gasteiger partial charge < -0.3 is 14.6 Å². The van der Waals surface area contributed by atoms with E-state index >= 15 is 0 Å². The molecule has 3 atom stereocenters. The molecule has 1 aromatic heterocycles. The number of nitrogens with one attached hydrogen (secondary N) is 2. The van der Waals surface area contributed by atoms with Gasteiger partial charge in [0.1, 0.15) is 17.4 Å². The predicted octanol–water partition coefficient (Wildman–Crippen LogP) is 3.20. The van der Waals surface area contributed by atoms with E-state index in [1.165, 1.54) is 22.4 Å². The Morgan fingerprint density at radius 2 is 2.00 bits per heavy atom. The van der Waals surface area contributed by atoms with Crippen LogP contribution < -0.4 is 10.2 Å². The number of aryl methyl sites for hydroxylation is 1. The van der Waals surface area contributed by atoms with Gasteiger partial charge in [-0.2, -0.15) is 0 Å². The second kappa shape index (κ2) is 7.57. The van der Waals surface area contributed by atoms with Crippen LogP contribution in [-0.4, -0.2) is 19.5 Å². The third kappa shape index (κ3) is 3.76. The fourth-order valence-electron chi connectivity index (χ4n) is 4.22. The quantitative estimate of drug-likeness (QED) is 0.731. The number of fused-ring (bicyclic) bond motifs is 2. The number of carbonyl (C=O) groups is 1. The molecule has 2 N–H and O–H groups in total. The Labute approximate surface area is 160 Å². The Hall–Kier alpha value is -2.59. The smallest absolute Gasteiger partial charge is 0.275 e. The number of benzene rings is 2. The number of para-hydroxylation sites is 1. The zero-order valence-electron chi connectivity index (χ0n) is 16.0. The number of rotatable bonds is 5. The molecule has 1 amide bonds. The summed E-state index contributed by atoms with van der Waals surface area (Å²) in [6.45, 7) is 2.43. The van der Waals surface area contributed by atoms with Crippen LogP contribution >= 0.6 is 0 Å². The van der Waals surface area contributed by atoms with E-state index in [4.69, 9.17) is 4.42 Å². The lowest BCUT2D eigenvalue weighted by molar-refractivity contribution is -0.905. The highest BCUT2D eigenvalue weighted by molar-refractivity contribution is 5.79. The number of quaternary nitrogens is 1. The molecule has 0 aliphatic heterocycles. The van der Waals surface area contributed by atoms with E-state index in [0.717, 1.165) is 29.6 Å². The highest BCUT2D eigenvalue weighted by Crippen LogP contribution is 2.27. The summed E-state index contributed by atoms with van der Waals surface area (Å²) in [6.07, 6.45) is 3.47. The van der Waals surface area contributed by atoms with Gasteiger partial charge in [-0.15, -0.1) is 0 Å². The van der Waals surface area contributed by atoms with Gasteiger partial charge in [-0.05, 0) is 37.5 Å². The monoisotopic (exact) mass is 363 g/mol. The summed E-state index contributed by atoms with van der Waals surface area (Å²) in [6, 6.07) is 18.8. The molecular weight excluding hydrogens is 336 g/mol. The van der Waals surface area contributed by atoms with Gasteiger partial charge in [0.15, 0.2) is 6.54 Å². The minimum absolute atomic E-state index is 0.0588. The van der Waals surface area contributed by atoms with Gasteiger partial charge in [0.25, 0.3) is 5.91 Å². The molecule has 0 radical (unpaired) electrons. The van der Waals surface area contributed by atoms with Gasteiger partial charge >= 0.3 is 0 Å². The van der Waals surface area contributed by atoms with Crippen molar-refractivity contribution in [2.75, 3.05) is 13.6 Å². The molecule has 4 nitrogen and oxygen atoms in total. The molecule has 140 valence electrons. The van der Waals surface area contributed by atoms with Crippen LogP contribution in [0.5, 0.6) is 0 Å². The van der Waals surface area contributed by atoms with Crippen LogP contribution in [0.2, 0.25) is 0 Å². The summed E-state index contributed by atoms with van der Waals surface area (Å²) < 4.78 is 5.88. The van der Waals surface area contributed by atoms with Gasteiger partial charge in [-0.3, -0.25) is 4.79 Å². The van der Waals surface area contributed by atoms with Crippen molar-refractivity contribution in [3.8, 4) is 0 Å². The summed E-state index contributed by atoms with van der Waals surface area (Å²) in [7, 11) is 2.12. The first-order valence-corrected chi connectivity index (χ1v) is 9.80. The molecule has 0 fully saturated rings. The molecular formula is C23H27N2O2+. The zero-order chi connectivity index (χ0) is 18.8. The van der Waals surface area contributed by atoms with Crippen molar-refractivity contribution in [1.29, 1.82) is 0 Å². The van der Waals surface area contributed by atoms with Crippen LogP contribution in [-0.2, 0) is 11.2 Å². The molecule has 3 aromatic rings. The molecule has 0 saturated carbocycles. The molecule has 1 aliphatic rings. The predicted molar refractivity (Wildman–Crippen MR) is 107 cm³/mol. The van der Waals surface area contributed by atoms with E-state index in [0.29, 0.717) is 12.6 Å². The zero-order valence-corrected chi connectivity index (χ0v) is 16.0. The molecule has 1 unspecified atom stereocenters. The van der Waals surface area contributed by atoms with Gasteiger partial charge in [0.2, 0.25) is 0 Å². The van der Waals surface area contributed by atoms with Gasteiger partial charge in [-0.25, -0.2) is 0 Å². The van der Waals surface area contributed by atoms with Crippen LogP contribution in [0.3, 0.4) is 0 Å². The van der Waals surface area contributed by atoms with Crippen molar-refractivity contribution in [3.63, 3.8) is 0 Å². The Bertz CT molecular complexity index is 913. The average Bonchev–Trinajstić information content (AvgIpc) is 3.12. The van der Waals surface area contributed by atoms with Crippen molar-refractivity contribution in [3.05, 3.63) is 71.5 Å².